The first-order valence-electron chi connectivity index (χ1n) is 6.82. The highest BCUT2D eigenvalue weighted by atomic mass is 16.4. The molecule has 21 heavy (non-hydrogen) atoms. The van der Waals surface area contributed by atoms with Crippen molar-refractivity contribution in [2.24, 2.45) is 0 Å². The van der Waals surface area contributed by atoms with Crippen LogP contribution < -0.4 is 0 Å². The van der Waals surface area contributed by atoms with E-state index in [9.17, 15) is 9.90 Å². The third-order valence-electron chi connectivity index (χ3n) is 3.98. The number of fused-ring (bicyclic) bond motifs is 5. The van der Waals surface area contributed by atoms with E-state index in [1.807, 2.05) is 24.3 Å². The van der Waals surface area contributed by atoms with Gasteiger partial charge in [0, 0.05) is 5.39 Å². The molecule has 0 amide bonds. The Morgan fingerprint density at radius 2 is 1.29 bits per heavy atom. The third kappa shape index (κ3) is 1.69. The highest BCUT2D eigenvalue weighted by molar-refractivity contribution is 6.24. The molecule has 100 valence electrons. The number of hydrogen-bond acceptors (Lipinski definition) is 1. The molecule has 4 aromatic carbocycles. The Morgan fingerprint density at radius 3 is 2.05 bits per heavy atom. The molecule has 0 radical (unpaired) electrons. The van der Waals surface area contributed by atoms with Crippen molar-refractivity contribution < 1.29 is 9.90 Å². The fraction of sp³-hybridized carbons (Fsp3) is 0. The lowest BCUT2D eigenvalue weighted by Gasteiger charge is -2.10. The molecule has 4 rings (SSSR count). The number of carbonyl (C=O) groups is 1. The first-order chi connectivity index (χ1) is 10.3. The van der Waals surface area contributed by atoms with Crippen LogP contribution in [-0.4, -0.2) is 11.1 Å². The summed E-state index contributed by atoms with van der Waals surface area (Å²) in [5.74, 6) is -0.888. The van der Waals surface area contributed by atoms with Crippen LogP contribution in [0.25, 0.3) is 32.3 Å². The molecule has 0 atom stereocenters. The molecule has 0 bridgehead atoms. The maximum Gasteiger partial charge on any atom is 0.336 e. The first kappa shape index (κ1) is 11.9. The van der Waals surface area contributed by atoms with Gasteiger partial charge < -0.3 is 5.11 Å². The Bertz CT molecular complexity index is 1010. The molecule has 0 heterocycles. The summed E-state index contributed by atoms with van der Waals surface area (Å²) in [4.78, 5) is 11.6. The summed E-state index contributed by atoms with van der Waals surface area (Å²) < 4.78 is 0. The van der Waals surface area contributed by atoms with Crippen LogP contribution in [0.1, 0.15) is 10.4 Å². The van der Waals surface area contributed by atoms with Crippen LogP contribution in [0.15, 0.2) is 66.7 Å². The van der Waals surface area contributed by atoms with Crippen molar-refractivity contribution in [3.8, 4) is 0 Å². The second-order valence-electron chi connectivity index (χ2n) is 5.16. The van der Waals surface area contributed by atoms with Gasteiger partial charge in [-0.1, -0.05) is 60.7 Å². The SMILES string of the molecule is O=C(O)c1cccc2ccc3ccc4ccccc4c3c12. The summed E-state index contributed by atoms with van der Waals surface area (Å²) in [5, 5.41) is 15.6. The topological polar surface area (TPSA) is 37.3 Å². The third-order valence-corrected chi connectivity index (χ3v) is 3.98. The Hall–Kier alpha value is -2.87. The second-order valence-corrected chi connectivity index (χ2v) is 5.16. The van der Waals surface area contributed by atoms with E-state index < -0.39 is 5.97 Å². The van der Waals surface area contributed by atoms with Gasteiger partial charge in [0.2, 0.25) is 0 Å². The predicted octanol–water partition coefficient (Wildman–Crippen LogP) is 4.84. The highest BCUT2D eigenvalue weighted by Crippen LogP contribution is 2.33. The average Bonchev–Trinajstić information content (AvgIpc) is 2.53. The molecular weight excluding hydrogens is 260 g/mol. The molecule has 0 aliphatic carbocycles. The fourth-order valence-corrected chi connectivity index (χ4v) is 3.05. The lowest BCUT2D eigenvalue weighted by atomic mass is 9.94. The van der Waals surface area contributed by atoms with E-state index in [2.05, 4.69) is 30.3 Å². The van der Waals surface area contributed by atoms with E-state index in [4.69, 9.17) is 0 Å². The van der Waals surface area contributed by atoms with Gasteiger partial charge in [-0.3, -0.25) is 0 Å². The van der Waals surface area contributed by atoms with E-state index in [0.717, 1.165) is 32.3 Å². The number of aromatic carboxylic acids is 1. The molecule has 0 saturated heterocycles. The Balaban J connectivity index is 2.37. The second kappa shape index (κ2) is 4.32. The molecule has 0 aliphatic rings. The van der Waals surface area contributed by atoms with Gasteiger partial charge >= 0.3 is 5.97 Å². The van der Waals surface area contributed by atoms with Crippen LogP contribution >= 0.6 is 0 Å². The Labute approximate surface area is 121 Å². The Kier molecular flexibility index (Phi) is 2.45. The lowest BCUT2D eigenvalue weighted by molar-refractivity contribution is 0.0699. The Morgan fingerprint density at radius 1 is 0.667 bits per heavy atom. The average molecular weight is 272 g/mol. The molecule has 0 aliphatic heterocycles. The molecule has 0 unspecified atom stereocenters. The molecule has 0 fully saturated rings. The molecule has 2 nitrogen and oxygen atoms in total. The zero-order valence-corrected chi connectivity index (χ0v) is 11.2. The summed E-state index contributed by atoms with van der Waals surface area (Å²) >= 11 is 0. The first-order valence-corrected chi connectivity index (χ1v) is 6.82. The number of rotatable bonds is 1. The summed E-state index contributed by atoms with van der Waals surface area (Å²) in [5.41, 5.74) is 0.356. The van der Waals surface area contributed by atoms with Crippen molar-refractivity contribution in [3.05, 3.63) is 72.3 Å². The lowest BCUT2D eigenvalue weighted by Crippen LogP contribution is -1.97. The van der Waals surface area contributed by atoms with Crippen LogP contribution in [0.4, 0.5) is 0 Å². The van der Waals surface area contributed by atoms with E-state index in [0.29, 0.717) is 5.56 Å². The van der Waals surface area contributed by atoms with Gasteiger partial charge in [-0.2, -0.15) is 0 Å². The largest absolute Gasteiger partial charge is 0.478 e. The summed E-state index contributed by atoms with van der Waals surface area (Å²) in [7, 11) is 0. The van der Waals surface area contributed by atoms with Gasteiger partial charge in [0.15, 0.2) is 0 Å². The quantitative estimate of drug-likeness (QED) is 0.503. The zero-order valence-electron chi connectivity index (χ0n) is 11.2. The molecule has 1 N–H and O–H groups in total. The van der Waals surface area contributed by atoms with Crippen LogP contribution in [0.2, 0.25) is 0 Å². The van der Waals surface area contributed by atoms with Crippen LogP contribution in [0.3, 0.4) is 0 Å². The van der Waals surface area contributed by atoms with E-state index in [1.54, 1.807) is 12.1 Å². The van der Waals surface area contributed by atoms with Gasteiger partial charge in [0.25, 0.3) is 0 Å². The minimum absolute atomic E-state index is 0.356. The predicted molar refractivity (Wildman–Crippen MR) is 85.9 cm³/mol. The van der Waals surface area contributed by atoms with Crippen LogP contribution in [-0.2, 0) is 0 Å². The van der Waals surface area contributed by atoms with Gasteiger partial charge in [0.1, 0.15) is 0 Å². The maximum atomic E-state index is 11.6. The normalized spacial score (nSPS) is 11.2. The van der Waals surface area contributed by atoms with Gasteiger partial charge in [-0.25, -0.2) is 4.79 Å². The van der Waals surface area contributed by atoms with E-state index in [1.165, 1.54) is 0 Å². The van der Waals surface area contributed by atoms with E-state index in [-0.39, 0.29) is 0 Å². The highest BCUT2D eigenvalue weighted by Gasteiger charge is 2.12. The van der Waals surface area contributed by atoms with Crippen molar-refractivity contribution in [2.75, 3.05) is 0 Å². The zero-order chi connectivity index (χ0) is 14.4. The summed E-state index contributed by atoms with van der Waals surface area (Å²) in [6.45, 7) is 0. The summed E-state index contributed by atoms with van der Waals surface area (Å²) in [6, 6.07) is 21.7. The number of benzene rings is 4. The number of carboxylic acid groups (broad SMARTS) is 1. The minimum atomic E-state index is -0.888. The molecule has 0 aromatic heterocycles. The number of hydrogen-bond donors (Lipinski definition) is 1. The minimum Gasteiger partial charge on any atom is -0.478 e. The number of carboxylic acids is 1. The molecule has 0 saturated carbocycles. The fourth-order valence-electron chi connectivity index (χ4n) is 3.05. The van der Waals surface area contributed by atoms with Crippen LogP contribution in [0, 0.1) is 0 Å². The standard InChI is InChI=1S/C19H12O2/c20-19(21)16-7-3-5-13-10-11-14-9-8-12-4-1-2-6-15(12)17(14)18(13)16/h1-11H,(H,20,21). The van der Waals surface area contributed by atoms with Gasteiger partial charge in [0.05, 0.1) is 5.56 Å². The van der Waals surface area contributed by atoms with Crippen molar-refractivity contribution in [1.82, 2.24) is 0 Å². The maximum absolute atomic E-state index is 11.6. The van der Waals surface area contributed by atoms with Crippen molar-refractivity contribution >= 4 is 38.3 Å². The van der Waals surface area contributed by atoms with Crippen LogP contribution in [0.5, 0.6) is 0 Å². The summed E-state index contributed by atoms with van der Waals surface area (Å²) in [6.07, 6.45) is 0. The van der Waals surface area contributed by atoms with E-state index >= 15 is 0 Å². The molecule has 2 heteroatoms. The smallest absolute Gasteiger partial charge is 0.336 e. The molecular formula is C19H12O2. The molecule has 4 aromatic rings. The molecule has 0 spiro atoms. The van der Waals surface area contributed by atoms with Crippen molar-refractivity contribution in [1.29, 1.82) is 0 Å². The van der Waals surface area contributed by atoms with Gasteiger partial charge in [-0.05, 0) is 33.0 Å². The van der Waals surface area contributed by atoms with Gasteiger partial charge in [-0.15, -0.1) is 0 Å². The van der Waals surface area contributed by atoms with Crippen molar-refractivity contribution in [3.63, 3.8) is 0 Å². The monoisotopic (exact) mass is 272 g/mol. The van der Waals surface area contributed by atoms with Crippen molar-refractivity contribution in [2.45, 2.75) is 0 Å².